The van der Waals surface area contributed by atoms with Gasteiger partial charge in [-0.05, 0) is 38.5 Å². The lowest BCUT2D eigenvalue weighted by Crippen LogP contribution is -2.37. The minimum atomic E-state index is -4.38. The second kappa shape index (κ2) is 53.6. The van der Waals surface area contributed by atoms with Gasteiger partial charge in [-0.1, -0.05) is 276 Å². The fraction of sp³-hybridized carbons (Fsp3) is 0.934. The molecular formula is C61H121NO8P+. The van der Waals surface area contributed by atoms with E-state index in [4.69, 9.17) is 18.5 Å². The highest BCUT2D eigenvalue weighted by Crippen LogP contribution is 2.43. The monoisotopic (exact) mass is 1030 g/mol. The highest BCUT2D eigenvalue weighted by atomic mass is 31.2. The smallest absolute Gasteiger partial charge is 0.462 e. The first-order valence-corrected chi connectivity index (χ1v) is 32.4. The van der Waals surface area contributed by atoms with Crippen molar-refractivity contribution in [2.45, 2.75) is 322 Å². The SMILES string of the molecule is CCCCCCCCC/C=C\CCCCCCCC(=O)OC(COC(=O)CCCCCCCCCCCCCCCCCCCCCCCCCCCCCCCCC)COP(=O)(O)OCC[N+](C)(C)C. The number of phosphoric ester groups is 1. The second-order valence-corrected chi connectivity index (χ2v) is 23.9. The van der Waals surface area contributed by atoms with Crippen LogP contribution in [0.25, 0.3) is 0 Å². The molecule has 0 saturated carbocycles. The number of hydrogen-bond donors (Lipinski definition) is 1. The first-order chi connectivity index (χ1) is 34.5. The van der Waals surface area contributed by atoms with E-state index in [1.54, 1.807) is 0 Å². The fourth-order valence-electron chi connectivity index (χ4n) is 9.25. The predicted octanol–water partition coefficient (Wildman–Crippen LogP) is 19.2. The van der Waals surface area contributed by atoms with Crippen LogP contribution < -0.4 is 0 Å². The number of carbonyl (C=O) groups excluding carboxylic acids is 2. The van der Waals surface area contributed by atoms with Crippen LogP contribution in [0, 0.1) is 0 Å². The lowest BCUT2D eigenvalue weighted by Gasteiger charge is -2.24. The fourth-order valence-corrected chi connectivity index (χ4v) is 9.99. The minimum Gasteiger partial charge on any atom is -0.462 e. The van der Waals surface area contributed by atoms with Crippen molar-refractivity contribution in [1.29, 1.82) is 0 Å². The number of hydrogen-bond acceptors (Lipinski definition) is 7. The van der Waals surface area contributed by atoms with Gasteiger partial charge in [0.05, 0.1) is 27.7 Å². The summed E-state index contributed by atoms with van der Waals surface area (Å²) >= 11 is 0. The Morgan fingerprint density at radius 3 is 1.04 bits per heavy atom. The molecule has 0 aromatic rings. The maximum absolute atomic E-state index is 12.8. The summed E-state index contributed by atoms with van der Waals surface area (Å²) in [6, 6.07) is 0. The van der Waals surface area contributed by atoms with Gasteiger partial charge in [0, 0.05) is 12.8 Å². The Morgan fingerprint density at radius 1 is 0.423 bits per heavy atom. The number of rotatable bonds is 58. The van der Waals surface area contributed by atoms with E-state index in [2.05, 4.69) is 26.0 Å². The first kappa shape index (κ1) is 69.8. The number of unbranched alkanes of at least 4 members (excludes halogenated alkanes) is 42. The molecule has 0 bridgehead atoms. The van der Waals surface area contributed by atoms with E-state index in [0.717, 1.165) is 51.4 Å². The van der Waals surface area contributed by atoms with Crippen LogP contribution in [0.4, 0.5) is 0 Å². The highest BCUT2D eigenvalue weighted by molar-refractivity contribution is 7.47. The van der Waals surface area contributed by atoms with Crippen molar-refractivity contribution in [2.75, 3.05) is 47.5 Å². The number of likely N-dealkylation sites (N-methyl/N-ethyl adjacent to an activating group) is 1. The van der Waals surface area contributed by atoms with Gasteiger partial charge in [-0.25, -0.2) is 4.57 Å². The molecule has 0 spiro atoms. The zero-order valence-electron chi connectivity index (χ0n) is 48.0. The number of esters is 2. The average molecular weight is 1030 g/mol. The molecule has 2 unspecified atom stereocenters. The van der Waals surface area contributed by atoms with Crippen LogP contribution in [0.3, 0.4) is 0 Å². The van der Waals surface area contributed by atoms with Crippen LogP contribution >= 0.6 is 7.82 Å². The number of carbonyl (C=O) groups is 2. The lowest BCUT2D eigenvalue weighted by molar-refractivity contribution is -0.870. The molecule has 0 fully saturated rings. The molecule has 1 N–H and O–H groups in total. The summed E-state index contributed by atoms with van der Waals surface area (Å²) in [5.41, 5.74) is 0. The molecule has 0 saturated heterocycles. The number of nitrogens with zero attached hydrogens (tertiary/aromatic N) is 1. The molecule has 9 nitrogen and oxygen atoms in total. The van der Waals surface area contributed by atoms with E-state index in [1.165, 1.54) is 231 Å². The van der Waals surface area contributed by atoms with E-state index < -0.39 is 26.5 Å². The molecule has 0 aromatic heterocycles. The Labute approximate surface area is 441 Å². The van der Waals surface area contributed by atoms with E-state index in [0.29, 0.717) is 23.9 Å². The summed E-state index contributed by atoms with van der Waals surface area (Å²) in [4.78, 5) is 35.7. The number of allylic oxidation sites excluding steroid dienone is 2. The average Bonchev–Trinajstić information content (AvgIpc) is 3.33. The summed E-state index contributed by atoms with van der Waals surface area (Å²) < 4.78 is 34.6. The van der Waals surface area contributed by atoms with Gasteiger partial charge in [0.2, 0.25) is 0 Å². The Balaban J connectivity index is 3.98. The standard InChI is InChI=1S/C61H120NO8P/c1-6-8-10-12-14-16-18-20-22-24-25-26-27-28-29-30-31-32-33-34-35-36-37-38-40-41-43-45-47-49-51-53-60(63)67-57-59(58-69-71(65,66)68-56-55-62(3,4)5)70-61(64)54-52-50-48-46-44-42-39-23-21-19-17-15-13-11-9-7-2/h23,39,59H,6-22,24-38,40-58H2,1-5H3/p+1/b39-23-. The molecule has 2 atom stereocenters. The van der Waals surface area contributed by atoms with Crippen LogP contribution in [0.2, 0.25) is 0 Å². The Morgan fingerprint density at radius 2 is 0.718 bits per heavy atom. The normalized spacial score (nSPS) is 13.3. The Hall–Kier alpha value is -1.25. The van der Waals surface area contributed by atoms with Gasteiger partial charge in [0.25, 0.3) is 0 Å². The summed E-state index contributed by atoms with van der Waals surface area (Å²) in [7, 11) is 1.49. The molecule has 0 aliphatic heterocycles. The maximum Gasteiger partial charge on any atom is 0.472 e. The second-order valence-electron chi connectivity index (χ2n) is 22.5. The third kappa shape index (κ3) is 57.9. The van der Waals surface area contributed by atoms with Crippen LogP contribution in [0.15, 0.2) is 12.2 Å². The van der Waals surface area contributed by atoms with Crippen LogP contribution in [-0.2, 0) is 32.7 Å². The van der Waals surface area contributed by atoms with Gasteiger partial charge in [0.1, 0.15) is 19.8 Å². The van der Waals surface area contributed by atoms with Crippen molar-refractivity contribution < 1.29 is 42.1 Å². The molecule has 71 heavy (non-hydrogen) atoms. The quantitative estimate of drug-likeness (QED) is 0.0211. The molecule has 0 amide bonds. The molecule has 10 heteroatoms. The van der Waals surface area contributed by atoms with E-state index in [9.17, 15) is 19.0 Å². The van der Waals surface area contributed by atoms with Gasteiger partial charge in [0.15, 0.2) is 6.10 Å². The molecule has 422 valence electrons. The number of quaternary nitrogens is 1. The van der Waals surface area contributed by atoms with Gasteiger partial charge in [-0.15, -0.1) is 0 Å². The molecule has 0 aliphatic rings. The summed E-state index contributed by atoms with van der Waals surface area (Å²) in [5, 5.41) is 0. The molecule has 0 aromatic carbocycles. The van der Waals surface area contributed by atoms with Gasteiger partial charge >= 0.3 is 19.8 Å². The lowest BCUT2D eigenvalue weighted by atomic mass is 10.0. The van der Waals surface area contributed by atoms with Crippen molar-refractivity contribution >= 4 is 19.8 Å². The van der Waals surface area contributed by atoms with E-state index in [1.807, 2.05) is 21.1 Å². The number of phosphoric acid groups is 1. The van der Waals surface area contributed by atoms with Crippen molar-refractivity contribution in [2.24, 2.45) is 0 Å². The third-order valence-electron chi connectivity index (χ3n) is 14.0. The number of ether oxygens (including phenoxy) is 2. The first-order valence-electron chi connectivity index (χ1n) is 30.9. The molecule has 0 heterocycles. The van der Waals surface area contributed by atoms with Crippen molar-refractivity contribution in [3.05, 3.63) is 12.2 Å². The zero-order chi connectivity index (χ0) is 52.0. The summed E-state index contributed by atoms with van der Waals surface area (Å²) in [6.07, 6.45) is 63.1. The zero-order valence-corrected chi connectivity index (χ0v) is 48.9. The van der Waals surface area contributed by atoms with E-state index in [-0.39, 0.29) is 25.6 Å². The largest absolute Gasteiger partial charge is 0.472 e. The van der Waals surface area contributed by atoms with E-state index >= 15 is 0 Å². The van der Waals surface area contributed by atoms with Crippen molar-refractivity contribution in [3.8, 4) is 0 Å². The Bertz CT molecular complexity index is 1210. The van der Waals surface area contributed by atoms with Crippen molar-refractivity contribution in [3.63, 3.8) is 0 Å². The van der Waals surface area contributed by atoms with Gasteiger partial charge < -0.3 is 18.9 Å². The molecule has 0 rings (SSSR count). The third-order valence-corrected chi connectivity index (χ3v) is 15.0. The molecule has 0 aliphatic carbocycles. The maximum atomic E-state index is 12.8. The van der Waals surface area contributed by atoms with Crippen LogP contribution in [0.5, 0.6) is 0 Å². The summed E-state index contributed by atoms with van der Waals surface area (Å²) in [5.74, 6) is -0.789. The van der Waals surface area contributed by atoms with Gasteiger partial charge in [-0.2, -0.15) is 0 Å². The Kier molecular flexibility index (Phi) is 52.6. The van der Waals surface area contributed by atoms with Crippen LogP contribution in [-0.4, -0.2) is 74.9 Å². The molecule has 0 radical (unpaired) electrons. The van der Waals surface area contributed by atoms with Crippen molar-refractivity contribution in [1.82, 2.24) is 0 Å². The van der Waals surface area contributed by atoms with Crippen LogP contribution in [0.1, 0.15) is 316 Å². The highest BCUT2D eigenvalue weighted by Gasteiger charge is 2.27. The molecular weight excluding hydrogens is 906 g/mol. The minimum absolute atomic E-state index is 0.0337. The summed E-state index contributed by atoms with van der Waals surface area (Å²) in [6.45, 7) is 4.48. The topological polar surface area (TPSA) is 108 Å². The predicted molar refractivity (Wildman–Crippen MR) is 303 cm³/mol. The van der Waals surface area contributed by atoms with Gasteiger partial charge in [-0.3, -0.25) is 18.6 Å².